The fourth-order valence-corrected chi connectivity index (χ4v) is 4.94. The summed E-state index contributed by atoms with van der Waals surface area (Å²) in [6.45, 7) is 4.42. The molecule has 1 aromatic carbocycles. The smallest absolute Gasteiger partial charge is 0.324 e. The Morgan fingerprint density at radius 1 is 1.26 bits per heavy atom. The molecule has 162 valence electrons. The van der Waals surface area contributed by atoms with Crippen molar-refractivity contribution in [1.29, 1.82) is 0 Å². The van der Waals surface area contributed by atoms with Crippen LogP contribution < -0.4 is 9.64 Å². The number of amides is 1. The molecule has 2 aromatic heterocycles. The van der Waals surface area contributed by atoms with E-state index in [1.165, 1.54) is 0 Å². The van der Waals surface area contributed by atoms with Gasteiger partial charge < -0.3 is 18.9 Å². The van der Waals surface area contributed by atoms with Gasteiger partial charge in [-0.05, 0) is 67.1 Å². The number of carbonyl (C=O) groups is 1. The van der Waals surface area contributed by atoms with Crippen molar-refractivity contribution in [3.05, 3.63) is 34.7 Å². The lowest BCUT2D eigenvalue weighted by atomic mass is 9.95. The molecule has 2 atom stereocenters. The Labute approximate surface area is 188 Å². The van der Waals surface area contributed by atoms with E-state index in [1.54, 1.807) is 19.4 Å². The van der Waals surface area contributed by atoms with Crippen LogP contribution in [0.4, 0.5) is 5.69 Å². The zero-order valence-corrected chi connectivity index (χ0v) is 19.1. The quantitative estimate of drug-likeness (QED) is 0.531. The van der Waals surface area contributed by atoms with Crippen LogP contribution in [-0.4, -0.2) is 38.1 Å². The molecule has 0 bridgehead atoms. The Morgan fingerprint density at radius 2 is 2.13 bits per heavy atom. The lowest BCUT2D eigenvalue weighted by molar-refractivity contribution is -0.117. The Kier molecular flexibility index (Phi) is 5.39. The van der Waals surface area contributed by atoms with E-state index >= 15 is 0 Å². The van der Waals surface area contributed by atoms with Gasteiger partial charge in [0, 0.05) is 25.1 Å². The second-order valence-corrected chi connectivity index (χ2v) is 8.94. The number of rotatable bonds is 3. The van der Waals surface area contributed by atoms with Crippen LogP contribution in [0.25, 0.3) is 11.2 Å². The number of anilines is 1. The average Bonchev–Trinajstić information content (AvgIpc) is 3.19. The van der Waals surface area contributed by atoms with Crippen molar-refractivity contribution in [1.82, 2.24) is 19.5 Å². The first-order valence-electron chi connectivity index (χ1n) is 10.6. The summed E-state index contributed by atoms with van der Waals surface area (Å²) in [5.74, 6) is 0.667. The number of imidazole rings is 1. The van der Waals surface area contributed by atoms with E-state index in [0.29, 0.717) is 11.4 Å². The number of carbonyl (C=O) groups excluding carboxylic acids is 1. The summed E-state index contributed by atoms with van der Waals surface area (Å²) < 4.78 is 14.8. The van der Waals surface area contributed by atoms with Crippen LogP contribution in [-0.2, 0) is 16.0 Å². The fraction of sp³-hybridized carbons (Fsp3) is 0.455. The largest absolute Gasteiger partial charge is 0.423 e. The summed E-state index contributed by atoms with van der Waals surface area (Å²) in [6.07, 6.45) is 8.32. The summed E-state index contributed by atoms with van der Waals surface area (Å²) in [5.41, 5.74) is 3.25. The highest BCUT2D eigenvalue weighted by molar-refractivity contribution is 9.10. The number of benzene rings is 1. The first-order valence-corrected chi connectivity index (χ1v) is 11.4. The first kappa shape index (κ1) is 20.4. The monoisotopic (exact) mass is 485 g/mol. The second-order valence-electron chi connectivity index (χ2n) is 8.09. The summed E-state index contributed by atoms with van der Waals surface area (Å²) in [4.78, 5) is 27.5. The van der Waals surface area contributed by atoms with Gasteiger partial charge in [-0.2, -0.15) is 4.98 Å². The van der Waals surface area contributed by atoms with Crippen LogP contribution >= 0.6 is 15.9 Å². The minimum absolute atomic E-state index is 0.0230. The predicted molar refractivity (Wildman–Crippen MR) is 119 cm³/mol. The van der Waals surface area contributed by atoms with Gasteiger partial charge in [-0.25, -0.2) is 9.97 Å². The topological polar surface area (TPSA) is 82.4 Å². The zero-order valence-electron chi connectivity index (χ0n) is 17.5. The molecule has 4 heterocycles. The predicted octanol–water partition coefficient (Wildman–Crippen LogP) is 4.77. The van der Waals surface area contributed by atoms with Crippen molar-refractivity contribution >= 4 is 38.7 Å². The number of hydrogen-bond acceptors (Lipinski definition) is 6. The highest BCUT2D eigenvalue weighted by Gasteiger charge is 2.30. The van der Waals surface area contributed by atoms with E-state index in [9.17, 15) is 4.79 Å². The number of hydrogen-bond donors (Lipinski definition) is 0. The normalized spacial score (nSPS) is 21.2. The molecule has 0 saturated carbocycles. The first-order chi connectivity index (χ1) is 15.0. The van der Waals surface area contributed by atoms with Gasteiger partial charge in [0.2, 0.25) is 5.91 Å². The maximum atomic E-state index is 12.2. The van der Waals surface area contributed by atoms with Crippen LogP contribution in [0.15, 0.2) is 29.1 Å². The SMILES string of the molecule is CC(=O)N1c2ccc(Br)c(Oc3ncc4c(ncn4[C@@H]4CCCCO4)n3)c2CCC1C. The van der Waals surface area contributed by atoms with Gasteiger partial charge in [0.05, 0.1) is 22.7 Å². The Hall–Kier alpha value is -2.52. The zero-order chi connectivity index (χ0) is 21.5. The minimum Gasteiger partial charge on any atom is -0.423 e. The molecule has 0 N–H and O–H groups in total. The molecule has 1 saturated heterocycles. The van der Waals surface area contributed by atoms with Crippen molar-refractivity contribution < 1.29 is 14.3 Å². The minimum atomic E-state index is -0.0241. The van der Waals surface area contributed by atoms with Crippen LogP contribution in [0, 0.1) is 0 Å². The number of halogens is 1. The lowest BCUT2D eigenvalue weighted by Crippen LogP contribution is -2.40. The molecular formula is C22H24BrN5O3. The van der Waals surface area contributed by atoms with E-state index in [-0.39, 0.29) is 24.2 Å². The average molecular weight is 486 g/mol. The molecule has 3 aromatic rings. The molecular weight excluding hydrogens is 462 g/mol. The van der Waals surface area contributed by atoms with Crippen LogP contribution in [0.5, 0.6) is 11.8 Å². The van der Waals surface area contributed by atoms with Crippen molar-refractivity contribution in [2.75, 3.05) is 11.5 Å². The maximum absolute atomic E-state index is 12.2. The van der Waals surface area contributed by atoms with Gasteiger partial charge in [0.1, 0.15) is 11.7 Å². The molecule has 0 spiro atoms. The lowest BCUT2D eigenvalue weighted by Gasteiger charge is -2.35. The van der Waals surface area contributed by atoms with Crippen LogP contribution in [0.2, 0.25) is 0 Å². The molecule has 5 rings (SSSR count). The molecule has 1 unspecified atom stereocenters. The number of nitrogens with zero attached hydrogens (tertiary/aromatic N) is 5. The number of ether oxygens (including phenoxy) is 2. The van der Waals surface area contributed by atoms with Crippen LogP contribution in [0.3, 0.4) is 0 Å². The van der Waals surface area contributed by atoms with Gasteiger partial charge in [-0.1, -0.05) is 0 Å². The van der Waals surface area contributed by atoms with E-state index in [4.69, 9.17) is 9.47 Å². The van der Waals surface area contributed by atoms with Gasteiger partial charge in [0.15, 0.2) is 11.4 Å². The highest BCUT2D eigenvalue weighted by Crippen LogP contribution is 2.42. The van der Waals surface area contributed by atoms with Gasteiger partial charge in [0.25, 0.3) is 0 Å². The van der Waals surface area contributed by atoms with Gasteiger partial charge in [-0.15, -0.1) is 0 Å². The third-order valence-electron chi connectivity index (χ3n) is 6.01. The molecule has 31 heavy (non-hydrogen) atoms. The van der Waals surface area contributed by atoms with Crippen molar-refractivity contribution in [2.24, 2.45) is 0 Å². The number of fused-ring (bicyclic) bond motifs is 2. The van der Waals surface area contributed by atoms with Gasteiger partial charge >= 0.3 is 6.01 Å². The summed E-state index contributed by atoms with van der Waals surface area (Å²) in [5, 5.41) is 0. The molecule has 0 radical (unpaired) electrons. The van der Waals surface area contributed by atoms with Crippen molar-refractivity contribution in [3.8, 4) is 11.8 Å². The molecule has 1 fully saturated rings. The summed E-state index contributed by atoms with van der Waals surface area (Å²) in [6, 6.07) is 4.23. The Morgan fingerprint density at radius 3 is 2.90 bits per heavy atom. The molecule has 0 aliphatic carbocycles. The van der Waals surface area contributed by atoms with Gasteiger partial charge in [-0.3, -0.25) is 4.79 Å². The van der Waals surface area contributed by atoms with E-state index in [0.717, 1.165) is 60.0 Å². The van der Waals surface area contributed by atoms with E-state index in [1.807, 2.05) is 21.6 Å². The summed E-state index contributed by atoms with van der Waals surface area (Å²) >= 11 is 3.59. The number of aromatic nitrogens is 4. The second kappa shape index (κ2) is 8.20. The fourth-order valence-electron chi connectivity index (χ4n) is 4.49. The maximum Gasteiger partial charge on any atom is 0.324 e. The summed E-state index contributed by atoms with van der Waals surface area (Å²) in [7, 11) is 0. The highest BCUT2D eigenvalue weighted by atomic mass is 79.9. The molecule has 8 nitrogen and oxygen atoms in total. The Balaban J connectivity index is 1.48. The standard InChI is InChI=1S/C22H24BrN5O3/c1-13-6-7-15-17(28(13)14(2)29)9-8-16(23)20(15)31-22-24-11-18-21(26-22)25-12-27(18)19-5-3-4-10-30-19/h8-9,11-13,19H,3-7,10H2,1-2H3/t13?,19-/m0/s1. The van der Waals surface area contributed by atoms with Crippen LogP contribution in [0.1, 0.15) is 51.3 Å². The third kappa shape index (κ3) is 3.70. The molecule has 2 aliphatic heterocycles. The van der Waals surface area contributed by atoms with E-state index < -0.39 is 0 Å². The third-order valence-corrected chi connectivity index (χ3v) is 6.63. The van der Waals surface area contributed by atoms with E-state index in [2.05, 4.69) is 37.8 Å². The van der Waals surface area contributed by atoms with Crippen molar-refractivity contribution in [3.63, 3.8) is 0 Å². The molecule has 2 aliphatic rings. The molecule has 1 amide bonds. The molecule has 9 heteroatoms. The Bertz CT molecular complexity index is 1140. The van der Waals surface area contributed by atoms with Crippen molar-refractivity contribution in [2.45, 2.75) is 58.2 Å².